The first-order chi connectivity index (χ1) is 8.69. The van der Waals surface area contributed by atoms with Crippen LogP contribution in [0, 0.1) is 0 Å². The molecule has 0 amide bonds. The van der Waals surface area contributed by atoms with Crippen molar-refractivity contribution in [3.8, 4) is 5.88 Å². The molecule has 1 aliphatic carbocycles. The van der Waals surface area contributed by atoms with Crippen LogP contribution in [-0.2, 0) is 4.74 Å². The Morgan fingerprint density at radius 2 is 2.11 bits per heavy atom. The maximum atomic E-state index is 5.56. The average molecular weight is 251 g/mol. The van der Waals surface area contributed by atoms with Crippen molar-refractivity contribution in [3.63, 3.8) is 0 Å². The summed E-state index contributed by atoms with van der Waals surface area (Å²) in [7, 11) is 1.66. The molecule has 1 N–H and O–H groups in total. The van der Waals surface area contributed by atoms with Gasteiger partial charge in [0.15, 0.2) is 0 Å². The Bertz CT molecular complexity index is 392. The van der Waals surface area contributed by atoms with Gasteiger partial charge >= 0.3 is 0 Å². The largest absolute Gasteiger partial charge is 0.475 e. The summed E-state index contributed by atoms with van der Waals surface area (Å²) in [5, 5.41) is 3.38. The fraction of sp³-hybridized carbons (Fsp3) is 0.692. The van der Waals surface area contributed by atoms with Crippen LogP contribution in [-0.4, -0.2) is 36.3 Å². The molecule has 1 saturated carbocycles. The second kappa shape index (κ2) is 6.00. The highest BCUT2D eigenvalue weighted by molar-refractivity contribution is 5.41. The minimum absolute atomic E-state index is 0.288. The molecule has 5 nitrogen and oxygen atoms in total. The SMILES string of the molecule is COCCOc1cc(NC2CC2)nc(C(C)C)n1. The van der Waals surface area contributed by atoms with E-state index < -0.39 is 0 Å². The fourth-order valence-corrected chi connectivity index (χ4v) is 1.52. The first-order valence-corrected chi connectivity index (χ1v) is 6.46. The zero-order valence-electron chi connectivity index (χ0n) is 11.3. The van der Waals surface area contributed by atoms with Crippen LogP contribution in [0.4, 0.5) is 5.82 Å². The van der Waals surface area contributed by atoms with Crippen LogP contribution in [0.15, 0.2) is 6.07 Å². The standard InChI is InChI=1S/C13H21N3O2/c1-9(2)13-15-11(14-10-4-5-10)8-12(16-13)18-7-6-17-3/h8-10H,4-7H2,1-3H3,(H,14,15,16). The number of rotatable bonds is 7. The van der Waals surface area contributed by atoms with Gasteiger partial charge in [-0.3, -0.25) is 0 Å². The summed E-state index contributed by atoms with van der Waals surface area (Å²) in [6, 6.07) is 2.44. The van der Waals surface area contributed by atoms with Crippen LogP contribution in [0.3, 0.4) is 0 Å². The number of hydrogen-bond donors (Lipinski definition) is 1. The van der Waals surface area contributed by atoms with E-state index in [1.807, 2.05) is 6.07 Å². The summed E-state index contributed by atoms with van der Waals surface area (Å²) in [6.45, 7) is 5.23. The maximum absolute atomic E-state index is 5.56. The Labute approximate surface area is 108 Å². The quantitative estimate of drug-likeness (QED) is 0.753. The lowest BCUT2D eigenvalue weighted by Gasteiger charge is -2.11. The third-order valence-electron chi connectivity index (χ3n) is 2.70. The first-order valence-electron chi connectivity index (χ1n) is 6.46. The number of methoxy groups -OCH3 is 1. The third-order valence-corrected chi connectivity index (χ3v) is 2.70. The van der Waals surface area contributed by atoms with Gasteiger partial charge < -0.3 is 14.8 Å². The van der Waals surface area contributed by atoms with Gasteiger partial charge in [0.05, 0.1) is 6.61 Å². The molecule has 0 atom stereocenters. The second-order valence-corrected chi connectivity index (χ2v) is 4.86. The fourth-order valence-electron chi connectivity index (χ4n) is 1.52. The van der Waals surface area contributed by atoms with Crippen LogP contribution < -0.4 is 10.1 Å². The highest BCUT2D eigenvalue weighted by Crippen LogP contribution is 2.26. The van der Waals surface area contributed by atoms with E-state index in [4.69, 9.17) is 9.47 Å². The molecular formula is C13H21N3O2. The molecule has 100 valence electrons. The molecule has 0 bridgehead atoms. The molecule has 0 spiro atoms. The molecule has 18 heavy (non-hydrogen) atoms. The van der Waals surface area contributed by atoms with E-state index in [0.717, 1.165) is 11.6 Å². The molecule has 1 heterocycles. The molecule has 5 heteroatoms. The molecule has 0 saturated heterocycles. The number of ether oxygens (including phenoxy) is 2. The molecule has 0 aromatic carbocycles. The van der Waals surface area contributed by atoms with E-state index >= 15 is 0 Å². The van der Waals surface area contributed by atoms with Crippen molar-refractivity contribution in [3.05, 3.63) is 11.9 Å². The Morgan fingerprint density at radius 1 is 1.33 bits per heavy atom. The molecule has 1 aromatic rings. The van der Waals surface area contributed by atoms with Gasteiger partial charge in [0.25, 0.3) is 0 Å². The third kappa shape index (κ3) is 3.84. The summed E-state index contributed by atoms with van der Waals surface area (Å²) < 4.78 is 10.5. The van der Waals surface area contributed by atoms with E-state index in [-0.39, 0.29) is 5.92 Å². The summed E-state index contributed by atoms with van der Waals surface area (Å²) in [6.07, 6.45) is 2.45. The molecule has 2 rings (SSSR count). The minimum atomic E-state index is 0.288. The number of aromatic nitrogens is 2. The van der Waals surface area contributed by atoms with E-state index in [0.29, 0.717) is 25.1 Å². The second-order valence-electron chi connectivity index (χ2n) is 4.86. The Hall–Kier alpha value is -1.36. The van der Waals surface area contributed by atoms with E-state index in [9.17, 15) is 0 Å². The minimum Gasteiger partial charge on any atom is -0.475 e. The number of nitrogens with one attached hydrogen (secondary N) is 1. The maximum Gasteiger partial charge on any atom is 0.218 e. The zero-order valence-corrected chi connectivity index (χ0v) is 11.3. The Morgan fingerprint density at radius 3 is 2.72 bits per heavy atom. The van der Waals surface area contributed by atoms with Crippen LogP contribution in [0.25, 0.3) is 0 Å². The molecule has 1 aliphatic rings. The smallest absolute Gasteiger partial charge is 0.218 e. The van der Waals surface area contributed by atoms with Gasteiger partial charge in [-0.2, -0.15) is 4.98 Å². The van der Waals surface area contributed by atoms with Gasteiger partial charge in [-0.05, 0) is 12.8 Å². The predicted molar refractivity (Wildman–Crippen MR) is 70.1 cm³/mol. The van der Waals surface area contributed by atoms with Crippen LogP contribution in [0.1, 0.15) is 38.4 Å². The van der Waals surface area contributed by atoms with Crippen LogP contribution in [0.5, 0.6) is 5.88 Å². The molecule has 1 fully saturated rings. The van der Waals surface area contributed by atoms with Crippen molar-refractivity contribution in [1.82, 2.24) is 9.97 Å². The Balaban J connectivity index is 2.07. The van der Waals surface area contributed by atoms with E-state index in [1.165, 1.54) is 12.8 Å². The summed E-state index contributed by atoms with van der Waals surface area (Å²) in [5.74, 6) is 2.58. The lowest BCUT2D eigenvalue weighted by molar-refractivity contribution is 0.143. The van der Waals surface area contributed by atoms with Crippen LogP contribution in [0.2, 0.25) is 0 Å². The lowest BCUT2D eigenvalue weighted by atomic mass is 10.2. The van der Waals surface area contributed by atoms with Crippen molar-refractivity contribution >= 4 is 5.82 Å². The summed E-state index contributed by atoms with van der Waals surface area (Å²) >= 11 is 0. The Kier molecular flexibility index (Phi) is 4.36. The average Bonchev–Trinajstić information content (AvgIpc) is 3.13. The highest BCUT2D eigenvalue weighted by atomic mass is 16.5. The van der Waals surface area contributed by atoms with Gasteiger partial charge in [0.1, 0.15) is 18.2 Å². The van der Waals surface area contributed by atoms with E-state index in [1.54, 1.807) is 7.11 Å². The zero-order chi connectivity index (χ0) is 13.0. The molecule has 0 aliphatic heterocycles. The van der Waals surface area contributed by atoms with Crippen LogP contribution >= 0.6 is 0 Å². The topological polar surface area (TPSA) is 56.3 Å². The van der Waals surface area contributed by atoms with Gasteiger partial charge in [0.2, 0.25) is 5.88 Å². The van der Waals surface area contributed by atoms with Gasteiger partial charge in [0, 0.05) is 25.1 Å². The number of nitrogens with zero attached hydrogens (tertiary/aromatic N) is 2. The van der Waals surface area contributed by atoms with Gasteiger partial charge in [-0.25, -0.2) is 4.98 Å². The summed E-state index contributed by atoms with van der Waals surface area (Å²) in [4.78, 5) is 8.91. The monoisotopic (exact) mass is 251 g/mol. The number of hydrogen-bond acceptors (Lipinski definition) is 5. The highest BCUT2D eigenvalue weighted by Gasteiger charge is 2.22. The van der Waals surface area contributed by atoms with Crippen molar-refractivity contribution in [2.45, 2.75) is 38.6 Å². The first kappa shape index (κ1) is 13.1. The van der Waals surface area contributed by atoms with Crippen molar-refractivity contribution in [2.75, 3.05) is 25.6 Å². The predicted octanol–water partition coefficient (Wildman–Crippen LogP) is 2.20. The summed E-state index contributed by atoms with van der Waals surface area (Å²) in [5.41, 5.74) is 0. The van der Waals surface area contributed by atoms with Crippen molar-refractivity contribution < 1.29 is 9.47 Å². The lowest BCUT2D eigenvalue weighted by Crippen LogP contribution is -2.10. The molecule has 0 radical (unpaired) electrons. The van der Waals surface area contributed by atoms with Crippen molar-refractivity contribution in [2.24, 2.45) is 0 Å². The number of anilines is 1. The normalized spacial score (nSPS) is 14.9. The molecule has 1 aromatic heterocycles. The van der Waals surface area contributed by atoms with Gasteiger partial charge in [-0.1, -0.05) is 13.8 Å². The van der Waals surface area contributed by atoms with E-state index in [2.05, 4.69) is 29.1 Å². The van der Waals surface area contributed by atoms with Gasteiger partial charge in [-0.15, -0.1) is 0 Å². The molecular weight excluding hydrogens is 230 g/mol. The van der Waals surface area contributed by atoms with Crippen molar-refractivity contribution in [1.29, 1.82) is 0 Å². The molecule has 0 unspecified atom stereocenters.